The van der Waals surface area contributed by atoms with Crippen molar-refractivity contribution in [1.29, 1.82) is 0 Å². The van der Waals surface area contributed by atoms with Gasteiger partial charge in [0.1, 0.15) is 5.82 Å². The van der Waals surface area contributed by atoms with Gasteiger partial charge in [0.25, 0.3) is 5.91 Å². The summed E-state index contributed by atoms with van der Waals surface area (Å²) in [6.07, 6.45) is 1.86. The third-order valence-corrected chi connectivity index (χ3v) is 4.27. The number of halogens is 1. The van der Waals surface area contributed by atoms with Gasteiger partial charge in [0, 0.05) is 24.4 Å². The summed E-state index contributed by atoms with van der Waals surface area (Å²) < 4.78 is 15.2. The molecule has 0 aliphatic carbocycles. The van der Waals surface area contributed by atoms with Gasteiger partial charge in [-0.1, -0.05) is 24.3 Å². The van der Waals surface area contributed by atoms with Gasteiger partial charge in [-0.15, -0.1) is 0 Å². The number of hydrogen-bond acceptors (Lipinski definition) is 2. The standard InChI is InChI=1S/C21H16FN3O/c1-23-21(26)17-6-2-4-14(10-17)15-8-9-25-19(12-15)13-20(24-25)16-5-3-7-18(22)11-16/h2-13H,1H3,(H,23,26). The Morgan fingerprint density at radius 1 is 0.962 bits per heavy atom. The lowest BCUT2D eigenvalue weighted by atomic mass is 10.0. The lowest BCUT2D eigenvalue weighted by Crippen LogP contribution is -2.17. The average molecular weight is 345 g/mol. The van der Waals surface area contributed by atoms with E-state index in [1.54, 1.807) is 23.7 Å². The molecule has 0 atom stereocenters. The molecule has 2 heterocycles. The first-order valence-corrected chi connectivity index (χ1v) is 8.22. The predicted molar refractivity (Wildman–Crippen MR) is 99.4 cm³/mol. The zero-order valence-corrected chi connectivity index (χ0v) is 14.1. The topological polar surface area (TPSA) is 46.4 Å². The summed E-state index contributed by atoms with van der Waals surface area (Å²) in [6.45, 7) is 0. The highest BCUT2D eigenvalue weighted by atomic mass is 19.1. The highest BCUT2D eigenvalue weighted by Crippen LogP contribution is 2.25. The quantitative estimate of drug-likeness (QED) is 0.606. The van der Waals surface area contributed by atoms with E-state index < -0.39 is 0 Å². The van der Waals surface area contributed by atoms with E-state index in [0.717, 1.165) is 22.2 Å². The van der Waals surface area contributed by atoms with Gasteiger partial charge >= 0.3 is 0 Å². The van der Waals surface area contributed by atoms with Crippen molar-refractivity contribution in [3.8, 4) is 22.4 Å². The van der Waals surface area contributed by atoms with Crippen molar-refractivity contribution in [2.24, 2.45) is 0 Å². The van der Waals surface area contributed by atoms with Crippen LogP contribution in [0, 0.1) is 5.82 Å². The summed E-state index contributed by atoms with van der Waals surface area (Å²) >= 11 is 0. The van der Waals surface area contributed by atoms with Gasteiger partial charge in [-0.3, -0.25) is 4.79 Å². The van der Waals surface area contributed by atoms with Crippen LogP contribution in [0.3, 0.4) is 0 Å². The molecule has 4 rings (SSSR count). The molecule has 0 unspecified atom stereocenters. The molecule has 1 amide bonds. The van der Waals surface area contributed by atoms with Crippen LogP contribution in [-0.2, 0) is 0 Å². The summed E-state index contributed by atoms with van der Waals surface area (Å²) in [7, 11) is 1.61. The van der Waals surface area contributed by atoms with Gasteiger partial charge in [-0.05, 0) is 53.6 Å². The molecule has 5 heteroatoms. The first-order valence-electron chi connectivity index (χ1n) is 8.22. The van der Waals surface area contributed by atoms with Gasteiger partial charge in [0.05, 0.1) is 11.2 Å². The highest BCUT2D eigenvalue weighted by Gasteiger charge is 2.09. The van der Waals surface area contributed by atoms with Gasteiger partial charge in [-0.25, -0.2) is 8.91 Å². The van der Waals surface area contributed by atoms with Crippen molar-refractivity contribution in [3.63, 3.8) is 0 Å². The molecular formula is C21H16FN3O. The fourth-order valence-corrected chi connectivity index (χ4v) is 2.95. The Balaban J connectivity index is 1.75. The van der Waals surface area contributed by atoms with E-state index in [2.05, 4.69) is 10.4 Å². The van der Waals surface area contributed by atoms with Crippen LogP contribution in [0.15, 0.2) is 72.9 Å². The molecule has 0 aliphatic heterocycles. The first-order chi connectivity index (χ1) is 12.6. The number of carbonyl (C=O) groups excluding carboxylic acids is 1. The van der Waals surface area contributed by atoms with Crippen LogP contribution in [-0.4, -0.2) is 22.6 Å². The number of amides is 1. The Morgan fingerprint density at radius 3 is 2.54 bits per heavy atom. The lowest BCUT2D eigenvalue weighted by molar-refractivity contribution is 0.0963. The summed E-state index contributed by atoms with van der Waals surface area (Å²) in [4.78, 5) is 11.8. The fourth-order valence-electron chi connectivity index (χ4n) is 2.95. The lowest BCUT2D eigenvalue weighted by Gasteiger charge is -2.05. The second-order valence-electron chi connectivity index (χ2n) is 5.98. The fraction of sp³-hybridized carbons (Fsp3) is 0.0476. The summed E-state index contributed by atoms with van der Waals surface area (Å²) in [5.74, 6) is -0.406. The summed E-state index contributed by atoms with van der Waals surface area (Å²) in [6, 6.07) is 19.7. The minimum Gasteiger partial charge on any atom is -0.355 e. The molecule has 0 saturated heterocycles. The molecule has 26 heavy (non-hydrogen) atoms. The van der Waals surface area contributed by atoms with Crippen molar-refractivity contribution in [2.45, 2.75) is 0 Å². The molecule has 2 aromatic heterocycles. The maximum atomic E-state index is 13.5. The third kappa shape index (κ3) is 2.95. The monoisotopic (exact) mass is 345 g/mol. The van der Waals surface area contributed by atoms with Gasteiger partial charge in [-0.2, -0.15) is 5.10 Å². The molecule has 0 bridgehead atoms. The SMILES string of the molecule is CNC(=O)c1cccc(-c2ccn3nc(-c4cccc(F)c4)cc3c2)c1. The number of benzene rings is 2. The minimum atomic E-state index is -0.286. The van der Waals surface area contributed by atoms with E-state index >= 15 is 0 Å². The maximum Gasteiger partial charge on any atom is 0.251 e. The molecule has 4 aromatic rings. The van der Waals surface area contributed by atoms with Crippen molar-refractivity contribution in [2.75, 3.05) is 7.05 Å². The van der Waals surface area contributed by atoms with Crippen LogP contribution in [0.25, 0.3) is 27.9 Å². The van der Waals surface area contributed by atoms with Crippen LogP contribution in [0.5, 0.6) is 0 Å². The Kier molecular flexibility index (Phi) is 3.97. The van der Waals surface area contributed by atoms with Crippen LogP contribution >= 0.6 is 0 Å². The average Bonchev–Trinajstić information content (AvgIpc) is 3.11. The van der Waals surface area contributed by atoms with Crippen LogP contribution in [0.4, 0.5) is 4.39 Å². The Morgan fingerprint density at radius 2 is 1.73 bits per heavy atom. The largest absolute Gasteiger partial charge is 0.355 e. The van der Waals surface area contributed by atoms with Crippen molar-refractivity contribution < 1.29 is 9.18 Å². The van der Waals surface area contributed by atoms with E-state index in [9.17, 15) is 9.18 Å². The number of pyridine rings is 1. The normalized spacial score (nSPS) is 10.8. The first kappa shape index (κ1) is 16.0. The van der Waals surface area contributed by atoms with E-state index in [1.165, 1.54) is 12.1 Å². The smallest absolute Gasteiger partial charge is 0.251 e. The van der Waals surface area contributed by atoms with Crippen LogP contribution in [0.2, 0.25) is 0 Å². The summed E-state index contributed by atoms with van der Waals surface area (Å²) in [5, 5.41) is 7.14. The van der Waals surface area contributed by atoms with E-state index in [1.807, 2.05) is 48.7 Å². The van der Waals surface area contributed by atoms with Crippen LogP contribution < -0.4 is 5.32 Å². The number of fused-ring (bicyclic) bond motifs is 1. The number of nitrogens with zero attached hydrogens (tertiary/aromatic N) is 2. The van der Waals surface area contributed by atoms with E-state index in [-0.39, 0.29) is 11.7 Å². The van der Waals surface area contributed by atoms with E-state index in [0.29, 0.717) is 11.3 Å². The van der Waals surface area contributed by atoms with Gasteiger partial charge in [0.15, 0.2) is 0 Å². The molecule has 0 aliphatic rings. The molecule has 1 N–H and O–H groups in total. The number of nitrogens with one attached hydrogen (secondary N) is 1. The zero-order valence-electron chi connectivity index (χ0n) is 14.1. The molecule has 0 saturated carbocycles. The second kappa shape index (κ2) is 6.44. The maximum absolute atomic E-state index is 13.5. The molecule has 0 spiro atoms. The highest BCUT2D eigenvalue weighted by molar-refractivity contribution is 5.95. The third-order valence-electron chi connectivity index (χ3n) is 4.27. The van der Waals surface area contributed by atoms with Crippen LogP contribution in [0.1, 0.15) is 10.4 Å². The Bertz CT molecular complexity index is 1120. The molecule has 128 valence electrons. The van der Waals surface area contributed by atoms with Gasteiger partial charge < -0.3 is 5.32 Å². The van der Waals surface area contributed by atoms with E-state index in [4.69, 9.17) is 0 Å². The number of rotatable bonds is 3. The second-order valence-corrected chi connectivity index (χ2v) is 5.98. The van der Waals surface area contributed by atoms with Crippen molar-refractivity contribution >= 4 is 11.4 Å². The minimum absolute atomic E-state index is 0.120. The number of aromatic nitrogens is 2. The zero-order chi connectivity index (χ0) is 18.1. The van der Waals surface area contributed by atoms with Crippen molar-refractivity contribution in [3.05, 3.63) is 84.3 Å². The van der Waals surface area contributed by atoms with Gasteiger partial charge in [0.2, 0.25) is 0 Å². The number of hydrogen-bond donors (Lipinski definition) is 1. The van der Waals surface area contributed by atoms with Crippen molar-refractivity contribution in [1.82, 2.24) is 14.9 Å². The molecule has 2 aromatic carbocycles. The predicted octanol–water partition coefficient (Wildman–Crippen LogP) is 4.17. The molecule has 0 fully saturated rings. The summed E-state index contributed by atoms with van der Waals surface area (Å²) in [5.41, 5.74) is 4.87. The Hall–Kier alpha value is -3.47. The number of carbonyl (C=O) groups is 1. The molecule has 0 radical (unpaired) electrons. The molecule has 4 nitrogen and oxygen atoms in total. The Labute approximate surface area is 149 Å². The molecular weight excluding hydrogens is 329 g/mol.